The summed E-state index contributed by atoms with van der Waals surface area (Å²) in [5.41, 5.74) is 2.34. The first kappa shape index (κ1) is 18.7. The average molecular weight is 447 g/mol. The molecule has 0 unspecified atom stereocenters. The number of halogens is 3. The van der Waals surface area contributed by atoms with E-state index in [1.807, 2.05) is 5.38 Å². The maximum absolute atomic E-state index is 10.7. The topological polar surface area (TPSA) is 68.1 Å². The zero-order valence-corrected chi connectivity index (χ0v) is 15.9. The molecule has 0 saturated carbocycles. The Balaban J connectivity index is 0.00000208. The van der Waals surface area contributed by atoms with E-state index in [0.717, 1.165) is 16.9 Å². The number of rotatable bonds is 4. The van der Waals surface area contributed by atoms with Crippen molar-refractivity contribution in [3.05, 3.63) is 68.0 Å². The van der Waals surface area contributed by atoms with E-state index in [1.165, 1.54) is 23.5 Å². The lowest BCUT2D eigenvalue weighted by Crippen LogP contribution is -1.90. The van der Waals surface area contributed by atoms with E-state index in [4.69, 9.17) is 23.2 Å². The molecule has 0 bridgehead atoms. The van der Waals surface area contributed by atoms with Crippen LogP contribution in [-0.4, -0.2) is 9.91 Å². The van der Waals surface area contributed by atoms with Crippen LogP contribution in [0.25, 0.3) is 11.3 Å². The molecule has 1 aromatic heterocycles. The smallest absolute Gasteiger partial charge is 0.269 e. The van der Waals surface area contributed by atoms with Crippen LogP contribution in [0.15, 0.2) is 47.8 Å². The molecule has 0 spiro atoms. The molecule has 1 heterocycles. The lowest BCUT2D eigenvalue weighted by atomic mass is 10.1. The summed E-state index contributed by atoms with van der Waals surface area (Å²) >= 11 is 13.3. The van der Waals surface area contributed by atoms with E-state index in [0.29, 0.717) is 15.2 Å². The molecule has 0 radical (unpaired) electrons. The van der Waals surface area contributed by atoms with Gasteiger partial charge in [0, 0.05) is 38.8 Å². The third-order valence-corrected chi connectivity index (χ3v) is 4.19. The summed E-state index contributed by atoms with van der Waals surface area (Å²) in [6.07, 6.45) is 0. The molecule has 0 atom stereocenters. The first-order valence-corrected chi connectivity index (χ1v) is 8.08. The van der Waals surface area contributed by atoms with Gasteiger partial charge in [0.25, 0.3) is 5.69 Å². The monoisotopic (exact) mass is 445 g/mol. The minimum atomic E-state index is -0.430. The van der Waals surface area contributed by atoms with Crippen LogP contribution < -0.4 is 5.32 Å². The Morgan fingerprint density at radius 3 is 2.29 bits per heavy atom. The van der Waals surface area contributed by atoms with Gasteiger partial charge in [0.15, 0.2) is 5.13 Å². The second-order valence-electron chi connectivity index (χ2n) is 4.63. The maximum atomic E-state index is 10.7. The van der Waals surface area contributed by atoms with Crippen LogP contribution in [0.2, 0.25) is 10.0 Å². The first-order chi connectivity index (χ1) is 11.0. The van der Waals surface area contributed by atoms with Gasteiger partial charge in [-0.2, -0.15) is 0 Å². The van der Waals surface area contributed by atoms with Crippen molar-refractivity contribution in [1.29, 1.82) is 0 Å². The highest BCUT2D eigenvalue weighted by atomic mass is 79.9. The summed E-state index contributed by atoms with van der Waals surface area (Å²) in [5.74, 6) is 0. The minimum Gasteiger partial charge on any atom is -0.331 e. The largest absolute Gasteiger partial charge is 0.331 e. The van der Waals surface area contributed by atoms with Crippen LogP contribution in [-0.2, 0) is 0 Å². The highest BCUT2D eigenvalue weighted by Gasteiger charge is 2.09. The molecule has 0 aliphatic carbocycles. The molecule has 2 aromatic carbocycles. The van der Waals surface area contributed by atoms with E-state index >= 15 is 0 Å². The van der Waals surface area contributed by atoms with Crippen molar-refractivity contribution in [2.24, 2.45) is 0 Å². The number of non-ortho nitro benzene ring substituents is 1. The van der Waals surface area contributed by atoms with Gasteiger partial charge in [-0.15, -0.1) is 28.3 Å². The van der Waals surface area contributed by atoms with Crippen molar-refractivity contribution in [3.63, 3.8) is 0 Å². The Kier molecular flexibility index (Phi) is 6.17. The highest BCUT2D eigenvalue weighted by molar-refractivity contribution is 8.93. The molecule has 0 fully saturated rings. The molecule has 1 N–H and O–H groups in total. The standard InChI is InChI=1S/C15H9Cl2N3O2S.BrH/c16-10-5-11(17)7-12(6-10)18-15-19-14(8-23-15)9-1-3-13(4-2-9)20(21)22;/h1-8H,(H,18,19);1H. The second kappa shape index (κ2) is 7.94. The predicted octanol–water partition coefficient (Wildman–Crippen LogP) is 6.35. The second-order valence-corrected chi connectivity index (χ2v) is 6.36. The van der Waals surface area contributed by atoms with Gasteiger partial charge in [0.1, 0.15) is 0 Å². The van der Waals surface area contributed by atoms with Gasteiger partial charge < -0.3 is 5.32 Å². The van der Waals surface area contributed by atoms with E-state index in [-0.39, 0.29) is 22.7 Å². The van der Waals surface area contributed by atoms with Crippen molar-refractivity contribution in [2.45, 2.75) is 0 Å². The number of thiazole rings is 1. The van der Waals surface area contributed by atoms with Crippen molar-refractivity contribution in [3.8, 4) is 11.3 Å². The van der Waals surface area contributed by atoms with Crippen molar-refractivity contribution in [2.75, 3.05) is 5.32 Å². The quantitative estimate of drug-likeness (QED) is 0.374. The van der Waals surface area contributed by atoms with Gasteiger partial charge >= 0.3 is 0 Å². The Hall–Kier alpha value is -1.67. The average Bonchev–Trinajstić information content (AvgIpc) is 2.94. The fraction of sp³-hybridized carbons (Fsp3) is 0. The molecule has 24 heavy (non-hydrogen) atoms. The number of nitrogens with zero attached hydrogens (tertiary/aromatic N) is 2. The van der Waals surface area contributed by atoms with Crippen molar-refractivity contribution in [1.82, 2.24) is 4.98 Å². The Labute approximate surface area is 162 Å². The highest BCUT2D eigenvalue weighted by Crippen LogP contribution is 2.30. The Bertz CT molecular complexity index is 851. The number of nitrogens with one attached hydrogen (secondary N) is 1. The van der Waals surface area contributed by atoms with Gasteiger partial charge in [-0.05, 0) is 30.3 Å². The summed E-state index contributed by atoms with van der Waals surface area (Å²) < 4.78 is 0. The molecule has 124 valence electrons. The lowest BCUT2D eigenvalue weighted by Gasteiger charge is -2.03. The molecule has 0 amide bonds. The van der Waals surface area contributed by atoms with Crippen LogP contribution in [0, 0.1) is 10.1 Å². The number of hydrogen-bond acceptors (Lipinski definition) is 5. The van der Waals surface area contributed by atoms with Crippen molar-refractivity contribution >= 4 is 68.0 Å². The fourth-order valence-corrected chi connectivity index (χ4v) is 3.23. The molecule has 3 aromatic rings. The summed E-state index contributed by atoms with van der Waals surface area (Å²) in [7, 11) is 0. The Morgan fingerprint density at radius 1 is 1.08 bits per heavy atom. The maximum Gasteiger partial charge on any atom is 0.269 e. The SMILES string of the molecule is Br.O=[N+]([O-])c1ccc(-c2csc(Nc3cc(Cl)cc(Cl)c3)n2)cc1. The summed E-state index contributed by atoms with van der Waals surface area (Å²) in [6, 6.07) is 11.4. The van der Waals surface area contributed by atoms with Gasteiger partial charge in [-0.3, -0.25) is 10.1 Å². The van der Waals surface area contributed by atoms with E-state index in [1.54, 1.807) is 30.3 Å². The molecule has 0 aliphatic heterocycles. The van der Waals surface area contributed by atoms with Crippen LogP contribution in [0.4, 0.5) is 16.5 Å². The number of hydrogen-bond donors (Lipinski definition) is 1. The Morgan fingerprint density at radius 2 is 1.71 bits per heavy atom. The molecular formula is C15H10BrCl2N3O2S. The van der Waals surface area contributed by atoms with Gasteiger partial charge in [0.2, 0.25) is 0 Å². The lowest BCUT2D eigenvalue weighted by molar-refractivity contribution is -0.384. The molecule has 9 heteroatoms. The first-order valence-electron chi connectivity index (χ1n) is 6.45. The van der Waals surface area contributed by atoms with Crippen LogP contribution in [0.3, 0.4) is 0 Å². The van der Waals surface area contributed by atoms with Gasteiger partial charge in [0.05, 0.1) is 10.6 Å². The molecule has 3 rings (SSSR count). The minimum absolute atomic E-state index is 0. The molecule has 0 aliphatic rings. The van der Waals surface area contributed by atoms with Crippen LogP contribution in [0.5, 0.6) is 0 Å². The van der Waals surface area contributed by atoms with Crippen LogP contribution in [0.1, 0.15) is 0 Å². The number of nitro groups is 1. The summed E-state index contributed by atoms with van der Waals surface area (Å²) in [6.45, 7) is 0. The van der Waals surface area contributed by atoms with E-state index < -0.39 is 4.92 Å². The molecule has 0 saturated heterocycles. The number of nitro benzene ring substituents is 1. The van der Waals surface area contributed by atoms with Gasteiger partial charge in [-0.25, -0.2) is 4.98 Å². The van der Waals surface area contributed by atoms with Crippen molar-refractivity contribution < 1.29 is 4.92 Å². The van der Waals surface area contributed by atoms with Crippen LogP contribution >= 0.6 is 51.5 Å². The van der Waals surface area contributed by atoms with E-state index in [2.05, 4.69) is 10.3 Å². The zero-order valence-electron chi connectivity index (χ0n) is 11.9. The predicted molar refractivity (Wildman–Crippen MR) is 104 cm³/mol. The number of aromatic nitrogens is 1. The fourth-order valence-electron chi connectivity index (χ4n) is 1.97. The molecule has 5 nitrogen and oxygen atoms in total. The number of anilines is 2. The molecular weight excluding hydrogens is 437 g/mol. The third-order valence-electron chi connectivity index (χ3n) is 2.99. The third kappa shape index (κ3) is 4.45. The summed E-state index contributed by atoms with van der Waals surface area (Å²) in [5, 5.41) is 17.4. The normalized spacial score (nSPS) is 10.1. The van der Waals surface area contributed by atoms with Gasteiger partial charge in [-0.1, -0.05) is 23.2 Å². The van der Waals surface area contributed by atoms with E-state index in [9.17, 15) is 10.1 Å². The zero-order chi connectivity index (χ0) is 16.4. The number of benzene rings is 2. The summed E-state index contributed by atoms with van der Waals surface area (Å²) in [4.78, 5) is 14.7.